The molecule has 5 N–H and O–H groups in total. The first-order chi connectivity index (χ1) is 19.3. The van der Waals surface area contributed by atoms with Crippen molar-refractivity contribution in [3.8, 4) is 0 Å². The highest BCUT2D eigenvalue weighted by Crippen LogP contribution is 2.51. The minimum Gasteiger partial charge on any atom is -0.361 e. The average Bonchev–Trinajstić information content (AvgIpc) is 3.46. The molecule has 11 heteroatoms. The smallest absolute Gasteiger partial charge is 0.245 e. The largest absolute Gasteiger partial charge is 0.361 e. The second-order valence-corrected chi connectivity index (χ2v) is 13.7. The van der Waals surface area contributed by atoms with Gasteiger partial charge in [0, 0.05) is 42.0 Å². The van der Waals surface area contributed by atoms with E-state index in [0.29, 0.717) is 38.8 Å². The molecule has 2 aliphatic rings. The Bertz CT molecular complexity index is 1600. The summed E-state index contributed by atoms with van der Waals surface area (Å²) in [5.74, 6) is -1.70. The summed E-state index contributed by atoms with van der Waals surface area (Å²) in [6.07, 6.45) is 4.87. The minimum atomic E-state index is -3.69. The van der Waals surface area contributed by atoms with Gasteiger partial charge in [-0.15, -0.1) is 0 Å². The average molecular weight is 580 g/mol. The topological polar surface area (TPSA) is 154 Å². The molecule has 2 aromatic carbocycles. The molecule has 1 aliphatic carbocycles. The molecule has 218 valence electrons. The number of nitrogens with two attached hydrogens (primary N) is 1. The summed E-state index contributed by atoms with van der Waals surface area (Å²) in [6.45, 7) is 4.10. The maximum absolute atomic E-state index is 13.9. The lowest BCUT2D eigenvalue weighted by Crippen LogP contribution is -2.58. The molecule has 2 atom stereocenters. The fourth-order valence-electron chi connectivity index (χ4n) is 6.30. The van der Waals surface area contributed by atoms with Gasteiger partial charge < -0.3 is 20.9 Å². The number of sulfonamides is 1. The Labute approximate surface area is 240 Å². The van der Waals surface area contributed by atoms with Crippen LogP contribution >= 0.6 is 0 Å². The summed E-state index contributed by atoms with van der Waals surface area (Å²) in [5.41, 5.74) is 8.31. The molecule has 3 amide bonds. The summed E-state index contributed by atoms with van der Waals surface area (Å²) < 4.78 is 25.7. The quantitative estimate of drug-likeness (QED) is 0.336. The Morgan fingerprint density at radius 1 is 1.10 bits per heavy atom. The van der Waals surface area contributed by atoms with E-state index in [1.54, 1.807) is 18.7 Å². The number of amides is 3. The molecule has 1 saturated heterocycles. The number of hydrogen-bond acceptors (Lipinski definition) is 6. The molecule has 41 heavy (non-hydrogen) atoms. The van der Waals surface area contributed by atoms with Gasteiger partial charge in [0.1, 0.15) is 6.04 Å². The highest BCUT2D eigenvalue weighted by atomic mass is 32.2. The van der Waals surface area contributed by atoms with E-state index in [0.717, 1.165) is 33.8 Å². The first-order valence-corrected chi connectivity index (χ1v) is 15.7. The van der Waals surface area contributed by atoms with E-state index in [2.05, 4.69) is 15.0 Å². The number of nitrogens with zero attached hydrogens (tertiary/aromatic N) is 1. The maximum atomic E-state index is 13.9. The van der Waals surface area contributed by atoms with Crippen molar-refractivity contribution >= 4 is 38.6 Å². The zero-order valence-corrected chi connectivity index (χ0v) is 24.4. The van der Waals surface area contributed by atoms with Crippen LogP contribution in [0.25, 0.3) is 10.9 Å². The lowest BCUT2D eigenvalue weighted by Gasteiger charge is -2.41. The van der Waals surface area contributed by atoms with Crippen LogP contribution in [0.2, 0.25) is 0 Å². The highest BCUT2D eigenvalue weighted by Gasteiger charge is 2.48. The van der Waals surface area contributed by atoms with Crippen molar-refractivity contribution in [3.63, 3.8) is 0 Å². The Morgan fingerprint density at radius 3 is 2.44 bits per heavy atom. The van der Waals surface area contributed by atoms with Gasteiger partial charge in [-0.1, -0.05) is 42.5 Å². The third-order valence-electron chi connectivity index (χ3n) is 8.42. The number of hydrogen-bond donors (Lipinski definition) is 4. The summed E-state index contributed by atoms with van der Waals surface area (Å²) in [5, 5.41) is 3.89. The number of para-hydroxylation sites is 1. The van der Waals surface area contributed by atoms with Crippen LogP contribution in [0.15, 0.2) is 54.7 Å². The first-order valence-electron chi connectivity index (χ1n) is 13.8. The molecule has 1 aromatic heterocycles. The molecule has 3 aromatic rings. The number of fused-ring (bicyclic) bond motifs is 3. The van der Waals surface area contributed by atoms with Crippen LogP contribution in [-0.2, 0) is 36.2 Å². The van der Waals surface area contributed by atoms with Crippen molar-refractivity contribution in [1.29, 1.82) is 0 Å². The number of carbonyl (C=O) groups excluding carboxylic acids is 3. The van der Waals surface area contributed by atoms with Crippen molar-refractivity contribution in [1.82, 2.24) is 19.9 Å². The maximum Gasteiger partial charge on any atom is 0.245 e. The third-order valence-corrected chi connectivity index (χ3v) is 9.00. The molecule has 2 heterocycles. The van der Waals surface area contributed by atoms with Crippen LogP contribution in [0.5, 0.6) is 0 Å². The van der Waals surface area contributed by atoms with Crippen LogP contribution in [-0.4, -0.2) is 66.9 Å². The van der Waals surface area contributed by atoms with Gasteiger partial charge >= 0.3 is 0 Å². The number of piperidine rings is 1. The molecular formula is C30H37N5O5S. The molecule has 1 fully saturated rings. The van der Waals surface area contributed by atoms with Gasteiger partial charge in [0.05, 0.1) is 17.7 Å². The zero-order valence-electron chi connectivity index (χ0n) is 23.6. The fraction of sp³-hybridized carbons (Fsp3) is 0.433. The lowest BCUT2D eigenvalue weighted by atomic mass is 9.73. The normalized spacial score (nSPS) is 19.1. The van der Waals surface area contributed by atoms with E-state index in [-0.39, 0.29) is 11.3 Å². The van der Waals surface area contributed by atoms with E-state index in [4.69, 9.17) is 5.73 Å². The third kappa shape index (κ3) is 5.87. The highest BCUT2D eigenvalue weighted by molar-refractivity contribution is 7.89. The number of rotatable bonds is 7. The SMILES string of the molecule is CC(C)(N)C(=O)N[C@H](Cc1c[nH]c2ccccc12)C(=O)N1CCC2(CC1)CC(C(=O)NS(C)(=O)=O)c1ccccc12. The van der Waals surface area contributed by atoms with Gasteiger partial charge in [0.15, 0.2) is 0 Å². The van der Waals surface area contributed by atoms with Crippen LogP contribution in [0.4, 0.5) is 0 Å². The fourth-order valence-corrected chi connectivity index (χ4v) is 6.80. The van der Waals surface area contributed by atoms with Crippen LogP contribution in [0.3, 0.4) is 0 Å². The number of carbonyl (C=O) groups is 3. The number of H-pyrrole nitrogens is 1. The summed E-state index contributed by atoms with van der Waals surface area (Å²) in [6, 6.07) is 14.7. The first kappa shape index (κ1) is 28.8. The molecule has 1 spiro atoms. The van der Waals surface area contributed by atoms with Gasteiger partial charge in [-0.05, 0) is 55.9 Å². The Hall–Kier alpha value is -3.70. The van der Waals surface area contributed by atoms with Crippen molar-refractivity contribution < 1.29 is 22.8 Å². The van der Waals surface area contributed by atoms with E-state index < -0.39 is 39.3 Å². The van der Waals surface area contributed by atoms with Gasteiger partial charge in [-0.3, -0.25) is 19.1 Å². The van der Waals surface area contributed by atoms with E-state index in [1.807, 2.05) is 54.7 Å². The van der Waals surface area contributed by atoms with Crippen molar-refractivity contribution in [2.45, 2.75) is 62.4 Å². The molecule has 0 radical (unpaired) electrons. The minimum absolute atomic E-state index is 0.180. The summed E-state index contributed by atoms with van der Waals surface area (Å²) in [7, 11) is -3.69. The molecule has 0 saturated carbocycles. The Kier molecular flexibility index (Phi) is 7.46. The van der Waals surface area contributed by atoms with Crippen molar-refractivity contribution in [2.24, 2.45) is 5.73 Å². The van der Waals surface area contributed by atoms with Crippen molar-refractivity contribution in [3.05, 3.63) is 71.4 Å². The number of aromatic nitrogens is 1. The van der Waals surface area contributed by atoms with Crippen LogP contribution < -0.4 is 15.8 Å². The molecular weight excluding hydrogens is 542 g/mol. The zero-order chi connectivity index (χ0) is 29.6. The second kappa shape index (κ2) is 10.6. The van der Waals surface area contributed by atoms with Crippen molar-refractivity contribution in [2.75, 3.05) is 19.3 Å². The number of benzene rings is 2. The lowest BCUT2D eigenvalue weighted by molar-refractivity contribution is -0.138. The predicted molar refractivity (Wildman–Crippen MR) is 156 cm³/mol. The van der Waals surface area contributed by atoms with Crippen LogP contribution in [0, 0.1) is 0 Å². The molecule has 10 nitrogen and oxygen atoms in total. The summed E-state index contributed by atoms with van der Waals surface area (Å²) in [4.78, 5) is 44.8. The van der Waals surface area contributed by atoms with E-state index >= 15 is 0 Å². The summed E-state index contributed by atoms with van der Waals surface area (Å²) >= 11 is 0. The van der Waals surface area contributed by atoms with Gasteiger partial charge in [-0.2, -0.15) is 0 Å². The van der Waals surface area contributed by atoms with Gasteiger partial charge in [-0.25, -0.2) is 8.42 Å². The van der Waals surface area contributed by atoms with E-state index in [9.17, 15) is 22.8 Å². The predicted octanol–water partition coefficient (Wildman–Crippen LogP) is 2.06. The number of aromatic amines is 1. The standard InChI is InChI=1S/C30H37N5O5S/c1-29(2,31)28(38)33-25(16-19-18-32-24-11-7-5-8-20(19)24)27(37)35-14-12-30(13-15-35)17-22(26(36)34-41(3,39)40)21-9-4-6-10-23(21)30/h4-11,18,22,25,32H,12-17,31H2,1-3H3,(H,33,38)(H,34,36)/t22?,25-/m1/s1. The Balaban J connectivity index is 1.36. The van der Waals surface area contributed by atoms with Gasteiger partial charge in [0.25, 0.3) is 0 Å². The number of likely N-dealkylation sites (tertiary alicyclic amines) is 1. The molecule has 1 aliphatic heterocycles. The molecule has 0 bridgehead atoms. The molecule has 5 rings (SSSR count). The van der Waals surface area contributed by atoms with Gasteiger partial charge in [0.2, 0.25) is 27.7 Å². The molecule has 1 unspecified atom stereocenters. The monoisotopic (exact) mass is 579 g/mol. The second-order valence-electron chi connectivity index (χ2n) is 12.0. The van der Waals surface area contributed by atoms with E-state index in [1.165, 1.54) is 0 Å². The van der Waals surface area contributed by atoms with Crippen LogP contribution in [0.1, 0.15) is 55.7 Å². The Morgan fingerprint density at radius 2 is 1.76 bits per heavy atom. The number of nitrogens with one attached hydrogen (secondary N) is 3.